The van der Waals surface area contributed by atoms with Crippen LogP contribution in [0.2, 0.25) is 0 Å². The number of nitrogens with zero attached hydrogens (tertiary/aromatic N) is 3. The number of hydrogen-bond acceptors (Lipinski definition) is 5. The summed E-state index contributed by atoms with van der Waals surface area (Å²) in [4.78, 5) is 11.5. The molecule has 2 rings (SSSR count). The van der Waals surface area contributed by atoms with E-state index in [0.717, 1.165) is 12.5 Å². The maximum Gasteiger partial charge on any atom is 0.433 e. The molecule has 24 heavy (non-hydrogen) atoms. The number of aliphatic hydroxyl groups excluding tert-OH is 1. The Kier molecular flexibility index (Phi) is 5.71. The molecule has 0 fully saturated rings. The molecule has 0 aromatic carbocycles. The Morgan fingerprint density at radius 2 is 1.88 bits per heavy atom. The van der Waals surface area contributed by atoms with Crippen LogP contribution in [0.4, 0.5) is 19.0 Å². The smallest absolute Gasteiger partial charge is 0.391 e. The van der Waals surface area contributed by atoms with Gasteiger partial charge in [0.15, 0.2) is 11.5 Å². The van der Waals surface area contributed by atoms with E-state index in [1.165, 1.54) is 24.5 Å². The quantitative estimate of drug-likeness (QED) is 0.844. The summed E-state index contributed by atoms with van der Waals surface area (Å²) in [5.74, 6) is 0.000312. The number of nitrogens with one attached hydrogen (secondary N) is 1. The maximum atomic E-state index is 13.1. The minimum atomic E-state index is -4.59. The van der Waals surface area contributed by atoms with Crippen LogP contribution < -0.4 is 5.32 Å². The lowest BCUT2D eigenvalue weighted by Gasteiger charge is -2.18. The second-order valence-electron chi connectivity index (χ2n) is 5.53. The normalized spacial score (nSPS) is 14.2. The molecule has 0 saturated heterocycles. The van der Waals surface area contributed by atoms with Gasteiger partial charge >= 0.3 is 6.18 Å². The lowest BCUT2D eigenvalue weighted by molar-refractivity contribution is -0.141. The number of anilines is 1. The van der Waals surface area contributed by atoms with E-state index in [2.05, 4.69) is 20.3 Å². The zero-order valence-electron chi connectivity index (χ0n) is 13.4. The Labute approximate surface area is 138 Å². The SMILES string of the molecule is CCC(C)C(O)CNc1cc(C(F)(F)F)nc(-c2ccncc2)n1. The summed E-state index contributed by atoms with van der Waals surface area (Å²) in [6, 6.07) is 3.91. The van der Waals surface area contributed by atoms with Crippen LogP contribution in [0.15, 0.2) is 30.6 Å². The molecular weight excluding hydrogens is 321 g/mol. The van der Waals surface area contributed by atoms with Crippen LogP contribution in [0, 0.1) is 5.92 Å². The van der Waals surface area contributed by atoms with Crippen molar-refractivity contribution >= 4 is 5.82 Å². The van der Waals surface area contributed by atoms with E-state index in [4.69, 9.17) is 0 Å². The zero-order chi connectivity index (χ0) is 17.7. The van der Waals surface area contributed by atoms with Crippen molar-refractivity contribution in [3.8, 4) is 11.4 Å². The Morgan fingerprint density at radius 1 is 1.21 bits per heavy atom. The fraction of sp³-hybridized carbons (Fsp3) is 0.438. The first kappa shape index (κ1) is 18.1. The highest BCUT2D eigenvalue weighted by Gasteiger charge is 2.34. The summed E-state index contributed by atoms with van der Waals surface area (Å²) >= 11 is 0. The van der Waals surface area contributed by atoms with E-state index in [-0.39, 0.29) is 24.1 Å². The molecule has 0 amide bonds. The number of hydrogen-bond donors (Lipinski definition) is 2. The lowest BCUT2D eigenvalue weighted by Crippen LogP contribution is -2.26. The van der Waals surface area contributed by atoms with Crippen LogP contribution in [-0.4, -0.2) is 32.7 Å². The largest absolute Gasteiger partial charge is 0.433 e. The highest BCUT2D eigenvalue weighted by atomic mass is 19.4. The molecule has 0 radical (unpaired) electrons. The van der Waals surface area contributed by atoms with E-state index in [9.17, 15) is 18.3 Å². The number of rotatable bonds is 6. The number of halogens is 3. The zero-order valence-corrected chi connectivity index (χ0v) is 13.4. The molecule has 8 heteroatoms. The Balaban J connectivity index is 2.30. The fourth-order valence-corrected chi connectivity index (χ4v) is 2.00. The van der Waals surface area contributed by atoms with Gasteiger partial charge in [0.25, 0.3) is 0 Å². The summed E-state index contributed by atoms with van der Waals surface area (Å²) in [6.45, 7) is 3.91. The van der Waals surface area contributed by atoms with E-state index < -0.39 is 18.0 Å². The summed E-state index contributed by atoms with van der Waals surface area (Å²) in [6.07, 6.45) is -1.58. The van der Waals surface area contributed by atoms with Crippen LogP contribution in [-0.2, 0) is 6.18 Å². The first-order valence-electron chi connectivity index (χ1n) is 7.60. The number of aliphatic hydroxyl groups is 1. The minimum Gasteiger partial charge on any atom is -0.391 e. The molecule has 2 aromatic rings. The molecule has 2 aromatic heterocycles. The summed E-state index contributed by atoms with van der Waals surface area (Å²) in [5.41, 5.74) is -0.605. The molecule has 130 valence electrons. The van der Waals surface area contributed by atoms with Crippen LogP contribution in [0.25, 0.3) is 11.4 Å². The number of aromatic nitrogens is 3. The molecular formula is C16H19F3N4O. The Bertz CT molecular complexity index is 664. The van der Waals surface area contributed by atoms with Crippen molar-refractivity contribution in [2.75, 3.05) is 11.9 Å². The molecule has 0 saturated carbocycles. The van der Waals surface area contributed by atoms with Gasteiger partial charge in [-0.1, -0.05) is 20.3 Å². The van der Waals surface area contributed by atoms with Crippen molar-refractivity contribution in [2.45, 2.75) is 32.5 Å². The number of alkyl halides is 3. The van der Waals surface area contributed by atoms with Crippen molar-refractivity contribution in [1.82, 2.24) is 15.0 Å². The van der Waals surface area contributed by atoms with Crippen molar-refractivity contribution in [1.29, 1.82) is 0 Å². The van der Waals surface area contributed by atoms with Crippen LogP contribution in [0.1, 0.15) is 26.0 Å². The van der Waals surface area contributed by atoms with Gasteiger partial charge in [0, 0.05) is 30.6 Å². The molecule has 0 aliphatic carbocycles. The van der Waals surface area contributed by atoms with Crippen LogP contribution in [0.3, 0.4) is 0 Å². The van der Waals surface area contributed by atoms with Gasteiger partial charge in [-0.3, -0.25) is 4.98 Å². The molecule has 0 bridgehead atoms. The van der Waals surface area contributed by atoms with Crippen molar-refractivity contribution in [3.05, 3.63) is 36.3 Å². The van der Waals surface area contributed by atoms with Gasteiger partial charge in [-0.15, -0.1) is 0 Å². The highest BCUT2D eigenvalue weighted by molar-refractivity contribution is 5.57. The first-order valence-corrected chi connectivity index (χ1v) is 7.60. The van der Waals surface area contributed by atoms with Crippen molar-refractivity contribution in [3.63, 3.8) is 0 Å². The van der Waals surface area contributed by atoms with Gasteiger partial charge in [-0.25, -0.2) is 9.97 Å². The molecule has 0 aliphatic rings. The summed E-state index contributed by atoms with van der Waals surface area (Å²) < 4.78 is 39.2. The molecule has 5 nitrogen and oxygen atoms in total. The monoisotopic (exact) mass is 340 g/mol. The van der Waals surface area contributed by atoms with Gasteiger partial charge in [0.1, 0.15) is 5.82 Å². The van der Waals surface area contributed by atoms with Gasteiger partial charge in [-0.05, 0) is 18.1 Å². The summed E-state index contributed by atoms with van der Waals surface area (Å²) in [7, 11) is 0. The van der Waals surface area contributed by atoms with Gasteiger partial charge in [-0.2, -0.15) is 13.2 Å². The Morgan fingerprint density at radius 3 is 2.46 bits per heavy atom. The molecule has 0 spiro atoms. The van der Waals surface area contributed by atoms with E-state index in [1.807, 2.05) is 13.8 Å². The second kappa shape index (κ2) is 7.57. The predicted octanol–water partition coefficient (Wildman–Crippen LogP) is 3.38. The Hall–Kier alpha value is -2.22. The van der Waals surface area contributed by atoms with Crippen molar-refractivity contribution < 1.29 is 18.3 Å². The lowest BCUT2D eigenvalue weighted by atomic mass is 10.0. The molecule has 2 unspecified atom stereocenters. The van der Waals surface area contributed by atoms with Crippen LogP contribution >= 0.6 is 0 Å². The van der Waals surface area contributed by atoms with Gasteiger partial charge in [0.2, 0.25) is 0 Å². The highest BCUT2D eigenvalue weighted by Crippen LogP contribution is 2.30. The molecule has 2 N–H and O–H groups in total. The minimum absolute atomic E-state index is 0.0199. The molecule has 2 atom stereocenters. The third-order valence-corrected chi connectivity index (χ3v) is 3.75. The van der Waals surface area contributed by atoms with E-state index >= 15 is 0 Å². The maximum absolute atomic E-state index is 13.1. The summed E-state index contributed by atoms with van der Waals surface area (Å²) in [5, 5.41) is 12.7. The van der Waals surface area contributed by atoms with Gasteiger partial charge < -0.3 is 10.4 Å². The van der Waals surface area contributed by atoms with Crippen molar-refractivity contribution in [2.24, 2.45) is 5.92 Å². The third kappa shape index (κ3) is 4.64. The topological polar surface area (TPSA) is 70.9 Å². The average Bonchev–Trinajstić information content (AvgIpc) is 2.58. The molecule has 2 heterocycles. The number of pyridine rings is 1. The first-order chi connectivity index (χ1) is 11.3. The standard InChI is InChI=1S/C16H19F3N4O/c1-3-10(2)12(24)9-21-14-8-13(16(17,18)19)22-15(23-14)11-4-6-20-7-5-11/h4-8,10,12,24H,3,9H2,1-2H3,(H,21,22,23). The predicted molar refractivity (Wildman–Crippen MR) is 84.2 cm³/mol. The second-order valence-corrected chi connectivity index (χ2v) is 5.53. The van der Waals surface area contributed by atoms with E-state index in [1.54, 1.807) is 0 Å². The third-order valence-electron chi connectivity index (χ3n) is 3.75. The van der Waals surface area contributed by atoms with Crippen LogP contribution in [0.5, 0.6) is 0 Å². The average molecular weight is 340 g/mol. The van der Waals surface area contributed by atoms with Gasteiger partial charge in [0.05, 0.1) is 6.10 Å². The molecule has 0 aliphatic heterocycles. The fourth-order valence-electron chi connectivity index (χ4n) is 2.00. The van der Waals surface area contributed by atoms with E-state index in [0.29, 0.717) is 5.56 Å².